The second-order valence-corrected chi connectivity index (χ2v) is 6.91. The molecule has 1 fully saturated rings. The van der Waals surface area contributed by atoms with Gasteiger partial charge in [-0.1, -0.05) is 6.07 Å². The van der Waals surface area contributed by atoms with Crippen LogP contribution in [-0.2, 0) is 21.0 Å². The van der Waals surface area contributed by atoms with Crippen molar-refractivity contribution in [3.63, 3.8) is 0 Å². The summed E-state index contributed by atoms with van der Waals surface area (Å²) in [5.74, 6) is -0.370. The fourth-order valence-corrected chi connectivity index (χ4v) is 4.07. The smallest absolute Gasteiger partial charge is 0.356 e. The van der Waals surface area contributed by atoms with E-state index in [1.165, 1.54) is 7.11 Å². The Bertz CT molecular complexity index is 709. The average Bonchev–Trinajstić information content (AvgIpc) is 2.44. The number of rotatable bonds is 1. The Morgan fingerprint density at radius 1 is 1.45 bits per heavy atom. The Morgan fingerprint density at radius 3 is 3.00 bits per heavy atom. The summed E-state index contributed by atoms with van der Waals surface area (Å²) in [6.07, 6.45) is 2.12. The van der Waals surface area contributed by atoms with Crippen molar-refractivity contribution in [1.29, 1.82) is 0 Å². The standard InChI is InChI=1S/C13H14N2O4S/c1-19-13(16)9-3-2-8-6-12-11(7-10(8)15-9)14-4-5-20(12,17)18/h2-3,6,11,14H,4-5,7H2,1H3. The molecule has 20 heavy (non-hydrogen) atoms. The number of aromatic nitrogens is 1. The lowest BCUT2D eigenvalue weighted by Gasteiger charge is -2.30. The number of methoxy groups -OCH3 is 1. The highest BCUT2D eigenvalue weighted by molar-refractivity contribution is 7.95. The molecule has 0 bridgehead atoms. The van der Waals surface area contributed by atoms with Crippen LogP contribution in [0.3, 0.4) is 0 Å². The van der Waals surface area contributed by atoms with Crippen LogP contribution >= 0.6 is 0 Å². The van der Waals surface area contributed by atoms with Crippen LogP contribution in [-0.4, -0.2) is 44.8 Å². The summed E-state index contributed by atoms with van der Waals surface area (Å²) in [7, 11) is -1.88. The van der Waals surface area contributed by atoms with E-state index in [0.29, 0.717) is 23.6 Å². The Balaban J connectivity index is 2.06. The first-order chi connectivity index (χ1) is 9.51. The fourth-order valence-electron chi connectivity index (χ4n) is 2.54. The molecule has 0 radical (unpaired) electrons. The van der Waals surface area contributed by atoms with Gasteiger partial charge in [0.2, 0.25) is 0 Å². The molecule has 7 heteroatoms. The zero-order valence-corrected chi connectivity index (χ0v) is 11.7. The third-order valence-corrected chi connectivity index (χ3v) is 5.43. The molecule has 1 aliphatic carbocycles. The maximum atomic E-state index is 12.0. The van der Waals surface area contributed by atoms with Gasteiger partial charge in [0.05, 0.1) is 23.5 Å². The number of nitrogens with zero attached hydrogens (tertiary/aromatic N) is 1. The van der Waals surface area contributed by atoms with Crippen LogP contribution in [0, 0.1) is 0 Å². The first kappa shape index (κ1) is 13.3. The van der Waals surface area contributed by atoms with E-state index in [2.05, 4.69) is 15.0 Å². The fraction of sp³-hybridized carbons (Fsp3) is 0.385. The minimum Gasteiger partial charge on any atom is -0.464 e. The second-order valence-electron chi connectivity index (χ2n) is 4.80. The van der Waals surface area contributed by atoms with E-state index in [1.807, 2.05) is 0 Å². The normalized spacial score (nSPS) is 23.2. The molecule has 0 saturated carbocycles. The van der Waals surface area contributed by atoms with Crippen LogP contribution in [0.4, 0.5) is 0 Å². The van der Waals surface area contributed by atoms with E-state index in [1.54, 1.807) is 18.2 Å². The number of carbonyl (C=O) groups is 1. The van der Waals surface area contributed by atoms with Crippen LogP contribution in [0.15, 0.2) is 17.0 Å². The van der Waals surface area contributed by atoms with Crippen molar-refractivity contribution in [2.24, 2.45) is 0 Å². The topological polar surface area (TPSA) is 85.4 Å². The maximum absolute atomic E-state index is 12.0. The Labute approximate surface area is 116 Å². The molecule has 1 atom stereocenters. The Kier molecular flexibility index (Phi) is 3.10. The summed E-state index contributed by atoms with van der Waals surface area (Å²) in [6.45, 7) is 0.441. The van der Waals surface area contributed by atoms with Gasteiger partial charge in [-0.05, 0) is 17.7 Å². The van der Waals surface area contributed by atoms with Gasteiger partial charge in [0, 0.05) is 19.0 Å². The summed E-state index contributed by atoms with van der Waals surface area (Å²) < 4.78 is 28.7. The van der Waals surface area contributed by atoms with E-state index in [4.69, 9.17) is 0 Å². The number of carbonyl (C=O) groups excluding carboxylic acids is 1. The van der Waals surface area contributed by atoms with Gasteiger partial charge < -0.3 is 10.1 Å². The van der Waals surface area contributed by atoms with Gasteiger partial charge in [0.15, 0.2) is 9.84 Å². The number of hydrogen-bond donors (Lipinski definition) is 1. The molecule has 1 N–H and O–H groups in total. The Morgan fingerprint density at radius 2 is 2.25 bits per heavy atom. The molecule has 106 valence electrons. The Hall–Kier alpha value is -1.73. The van der Waals surface area contributed by atoms with Crippen molar-refractivity contribution in [2.45, 2.75) is 12.5 Å². The molecule has 2 aliphatic rings. The summed E-state index contributed by atoms with van der Waals surface area (Å²) in [4.78, 5) is 16.2. The second kappa shape index (κ2) is 4.68. The highest BCUT2D eigenvalue weighted by Crippen LogP contribution is 2.29. The van der Waals surface area contributed by atoms with Crippen molar-refractivity contribution in [3.05, 3.63) is 34.0 Å². The summed E-state index contributed by atoms with van der Waals surface area (Å²) in [5.41, 5.74) is 1.70. The van der Waals surface area contributed by atoms with Crippen molar-refractivity contribution in [3.8, 4) is 0 Å². The van der Waals surface area contributed by atoms with E-state index < -0.39 is 15.8 Å². The molecule has 2 heterocycles. The van der Waals surface area contributed by atoms with Crippen molar-refractivity contribution in [2.75, 3.05) is 19.4 Å². The van der Waals surface area contributed by atoms with Gasteiger partial charge in [-0.25, -0.2) is 18.2 Å². The molecule has 0 aromatic carbocycles. The minimum absolute atomic E-state index is 0.123. The highest BCUT2D eigenvalue weighted by Gasteiger charge is 2.34. The SMILES string of the molecule is COC(=O)c1ccc2c(n1)CC1NCCS(=O)(=O)C1=C2. The summed E-state index contributed by atoms with van der Waals surface area (Å²) in [5, 5.41) is 3.18. The monoisotopic (exact) mass is 294 g/mol. The van der Waals surface area contributed by atoms with Gasteiger partial charge in [0.25, 0.3) is 0 Å². The van der Waals surface area contributed by atoms with Crippen LogP contribution < -0.4 is 5.32 Å². The number of esters is 1. The molecule has 3 rings (SSSR count). The van der Waals surface area contributed by atoms with Gasteiger partial charge >= 0.3 is 5.97 Å². The molecule has 6 nitrogen and oxygen atoms in total. The number of pyridine rings is 1. The lowest BCUT2D eigenvalue weighted by molar-refractivity contribution is 0.0593. The van der Waals surface area contributed by atoms with Crippen molar-refractivity contribution in [1.82, 2.24) is 10.3 Å². The molecule has 1 aromatic heterocycles. The van der Waals surface area contributed by atoms with Crippen LogP contribution in [0.2, 0.25) is 0 Å². The molecule has 0 spiro atoms. The third-order valence-electron chi connectivity index (χ3n) is 3.56. The number of hydrogen-bond acceptors (Lipinski definition) is 6. The lowest BCUT2D eigenvalue weighted by Crippen LogP contribution is -2.45. The van der Waals surface area contributed by atoms with E-state index in [9.17, 15) is 13.2 Å². The van der Waals surface area contributed by atoms with E-state index in [0.717, 1.165) is 5.56 Å². The number of ether oxygens (including phenoxy) is 1. The lowest BCUT2D eigenvalue weighted by atomic mass is 9.98. The zero-order valence-electron chi connectivity index (χ0n) is 10.9. The summed E-state index contributed by atoms with van der Waals surface area (Å²) in [6, 6.07) is 3.01. The van der Waals surface area contributed by atoms with Gasteiger partial charge in [-0.2, -0.15) is 0 Å². The molecule has 1 aromatic rings. The first-order valence-corrected chi connectivity index (χ1v) is 7.92. The van der Waals surface area contributed by atoms with Crippen LogP contribution in [0.1, 0.15) is 21.7 Å². The maximum Gasteiger partial charge on any atom is 0.356 e. The highest BCUT2D eigenvalue weighted by atomic mass is 32.2. The van der Waals surface area contributed by atoms with Crippen molar-refractivity contribution < 1.29 is 17.9 Å². The predicted molar refractivity (Wildman–Crippen MR) is 72.8 cm³/mol. The molecular formula is C13H14N2O4S. The quantitative estimate of drug-likeness (QED) is 0.742. The third kappa shape index (κ3) is 2.12. The summed E-state index contributed by atoms with van der Waals surface area (Å²) >= 11 is 0. The molecule has 1 saturated heterocycles. The number of fused-ring (bicyclic) bond motifs is 2. The number of sulfone groups is 1. The van der Waals surface area contributed by atoms with Crippen LogP contribution in [0.25, 0.3) is 6.08 Å². The first-order valence-electron chi connectivity index (χ1n) is 6.27. The van der Waals surface area contributed by atoms with E-state index in [-0.39, 0.29) is 17.5 Å². The predicted octanol–water partition coefficient (Wildman–Crippen LogP) is 0.152. The minimum atomic E-state index is -3.18. The van der Waals surface area contributed by atoms with E-state index >= 15 is 0 Å². The molecule has 1 unspecified atom stereocenters. The van der Waals surface area contributed by atoms with Crippen molar-refractivity contribution >= 4 is 21.9 Å². The van der Waals surface area contributed by atoms with Gasteiger partial charge in [-0.15, -0.1) is 0 Å². The number of nitrogens with one attached hydrogen (secondary N) is 1. The molecular weight excluding hydrogens is 280 g/mol. The largest absolute Gasteiger partial charge is 0.464 e. The van der Waals surface area contributed by atoms with Gasteiger partial charge in [0.1, 0.15) is 5.69 Å². The molecule has 1 aliphatic heterocycles. The van der Waals surface area contributed by atoms with Crippen LogP contribution in [0.5, 0.6) is 0 Å². The molecule has 0 amide bonds. The average molecular weight is 294 g/mol. The zero-order chi connectivity index (χ0) is 14.3. The van der Waals surface area contributed by atoms with Gasteiger partial charge in [-0.3, -0.25) is 0 Å².